The molecule has 94 valence electrons. The Bertz CT molecular complexity index is 518. The van der Waals surface area contributed by atoms with E-state index in [1.807, 2.05) is 25.1 Å². The van der Waals surface area contributed by atoms with E-state index in [0.29, 0.717) is 17.0 Å². The number of aryl methyl sites for hydroxylation is 1. The highest BCUT2D eigenvalue weighted by Gasteiger charge is 2.06. The van der Waals surface area contributed by atoms with Gasteiger partial charge in [0.15, 0.2) is 0 Å². The minimum atomic E-state index is -0.559. The van der Waals surface area contributed by atoms with Crippen molar-refractivity contribution in [1.29, 1.82) is 0 Å². The molecule has 2 rings (SSSR count). The third kappa shape index (κ3) is 3.01. The Hall–Kier alpha value is -1.55. The third-order valence-electron chi connectivity index (χ3n) is 2.56. The van der Waals surface area contributed by atoms with E-state index < -0.39 is 11.6 Å². The van der Waals surface area contributed by atoms with E-state index in [2.05, 4.69) is 0 Å². The molecule has 0 aromatic heterocycles. The summed E-state index contributed by atoms with van der Waals surface area (Å²) in [6.07, 6.45) is 0. The van der Waals surface area contributed by atoms with E-state index in [1.165, 1.54) is 23.9 Å². The number of hydrogen-bond acceptors (Lipinski definition) is 2. The smallest absolute Gasteiger partial charge is 0.130 e. The van der Waals surface area contributed by atoms with Gasteiger partial charge >= 0.3 is 0 Å². The van der Waals surface area contributed by atoms with Gasteiger partial charge in [0.2, 0.25) is 0 Å². The maximum Gasteiger partial charge on any atom is 0.130 e. The second kappa shape index (κ2) is 5.40. The molecule has 0 saturated carbocycles. The van der Waals surface area contributed by atoms with Crippen LogP contribution in [0.3, 0.4) is 0 Å². The zero-order chi connectivity index (χ0) is 13.1. The monoisotopic (exact) mass is 265 g/mol. The van der Waals surface area contributed by atoms with Crippen LogP contribution in [-0.4, -0.2) is 0 Å². The van der Waals surface area contributed by atoms with Gasteiger partial charge in [0.25, 0.3) is 0 Å². The standard InChI is InChI=1S/C14H13F2NS/c1-9-2-5-14(13(17)6-9)18-8-10-3-4-11(15)7-12(10)16/h2-7H,8,17H2,1H3. The van der Waals surface area contributed by atoms with E-state index in [1.54, 1.807) is 0 Å². The van der Waals surface area contributed by atoms with Crippen LogP contribution in [0.25, 0.3) is 0 Å². The number of halogens is 2. The number of hydrogen-bond donors (Lipinski definition) is 1. The fraction of sp³-hybridized carbons (Fsp3) is 0.143. The number of benzene rings is 2. The first-order valence-electron chi connectivity index (χ1n) is 5.49. The molecular formula is C14H13F2NS. The predicted octanol–water partition coefficient (Wildman–Crippen LogP) is 4.15. The zero-order valence-electron chi connectivity index (χ0n) is 9.91. The number of nitrogens with two attached hydrogens (primary N) is 1. The first-order chi connectivity index (χ1) is 8.56. The van der Waals surface area contributed by atoms with Gasteiger partial charge in [-0.1, -0.05) is 12.1 Å². The van der Waals surface area contributed by atoms with Crippen LogP contribution in [-0.2, 0) is 5.75 Å². The summed E-state index contributed by atoms with van der Waals surface area (Å²) >= 11 is 1.44. The van der Waals surface area contributed by atoms with Gasteiger partial charge in [0.1, 0.15) is 11.6 Å². The molecule has 0 unspecified atom stereocenters. The lowest BCUT2D eigenvalue weighted by atomic mass is 10.2. The van der Waals surface area contributed by atoms with Crippen molar-refractivity contribution in [3.05, 3.63) is 59.2 Å². The van der Waals surface area contributed by atoms with Crippen LogP contribution in [0.2, 0.25) is 0 Å². The van der Waals surface area contributed by atoms with Crippen molar-refractivity contribution in [2.75, 3.05) is 5.73 Å². The van der Waals surface area contributed by atoms with Crippen LogP contribution in [0, 0.1) is 18.6 Å². The molecule has 1 nitrogen and oxygen atoms in total. The molecule has 2 N–H and O–H groups in total. The summed E-state index contributed by atoms with van der Waals surface area (Å²) in [6, 6.07) is 9.37. The topological polar surface area (TPSA) is 26.0 Å². The maximum atomic E-state index is 13.4. The molecule has 0 aliphatic heterocycles. The Kier molecular flexibility index (Phi) is 3.87. The molecule has 0 aliphatic rings. The minimum absolute atomic E-state index is 0.430. The molecule has 0 bridgehead atoms. The Morgan fingerprint density at radius 2 is 1.89 bits per heavy atom. The molecule has 0 fully saturated rings. The van der Waals surface area contributed by atoms with Crippen LogP contribution in [0.1, 0.15) is 11.1 Å². The number of nitrogen functional groups attached to an aromatic ring is 1. The van der Waals surface area contributed by atoms with Gasteiger partial charge < -0.3 is 5.73 Å². The number of anilines is 1. The highest BCUT2D eigenvalue weighted by Crippen LogP contribution is 2.29. The molecule has 0 radical (unpaired) electrons. The molecular weight excluding hydrogens is 252 g/mol. The van der Waals surface area contributed by atoms with Crippen molar-refractivity contribution in [2.45, 2.75) is 17.6 Å². The minimum Gasteiger partial charge on any atom is -0.398 e. The number of thioether (sulfide) groups is 1. The van der Waals surface area contributed by atoms with E-state index in [9.17, 15) is 8.78 Å². The predicted molar refractivity (Wildman–Crippen MR) is 71.5 cm³/mol. The van der Waals surface area contributed by atoms with Crippen LogP contribution in [0.15, 0.2) is 41.3 Å². The molecule has 0 heterocycles. The highest BCUT2D eigenvalue weighted by atomic mass is 32.2. The van der Waals surface area contributed by atoms with Crippen molar-refractivity contribution in [3.8, 4) is 0 Å². The first-order valence-corrected chi connectivity index (χ1v) is 6.47. The lowest BCUT2D eigenvalue weighted by Crippen LogP contribution is -1.92. The molecule has 0 aliphatic carbocycles. The summed E-state index contributed by atoms with van der Waals surface area (Å²) in [4.78, 5) is 0.907. The number of rotatable bonds is 3. The van der Waals surface area contributed by atoms with Gasteiger partial charge in [-0.25, -0.2) is 8.78 Å². The van der Waals surface area contributed by atoms with E-state index >= 15 is 0 Å². The van der Waals surface area contributed by atoms with Crippen LogP contribution in [0.5, 0.6) is 0 Å². The van der Waals surface area contributed by atoms with Gasteiger partial charge in [-0.05, 0) is 36.2 Å². The molecule has 2 aromatic carbocycles. The second-order valence-electron chi connectivity index (χ2n) is 4.07. The van der Waals surface area contributed by atoms with Gasteiger partial charge in [0.05, 0.1) is 0 Å². The van der Waals surface area contributed by atoms with Gasteiger partial charge in [-0.2, -0.15) is 0 Å². The van der Waals surface area contributed by atoms with Crippen LogP contribution in [0.4, 0.5) is 14.5 Å². The van der Waals surface area contributed by atoms with Crippen LogP contribution < -0.4 is 5.73 Å². The molecule has 0 spiro atoms. The summed E-state index contributed by atoms with van der Waals surface area (Å²) < 4.78 is 26.2. The van der Waals surface area contributed by atoms with Crippen LogP contribution >= 0.6 is 11.8 Å². The molecule has 2 aromatic rings. The fourth-order valence-corrected chi connectivity index (χ4v) is 2.53. The summed E-state index contributed by atoms with van der Waals surface area (Å²) in [6.45, 7) is 1.96. The van der Waals surface area contributed by atoms with Crippen molar-refractivity contribution < 1.29 is 8.78 Å². The maximum absolute atomic E-state index is 13.4. The lowest BCUT2D eigenvalue weighted by Gasteiger charge is -2.07. The summed E-state index contributed by atoms with van der Waals surface area (Å²) in [7, 11) is 0. The van der Waals surface area contributed by atoms with Crippen molar-refractivity contribution in [1.82, 2.24) is 0 Å². The molecule has 18 heavy (non-hydrogen) atoms. The normalized spacial score (nSPS) is 10.6. The zero-order valence-corrected chi connectivity index (χ0v) is 10.7. The average Bonchev–Trinajstić information content (AvgIpc) is 2.30. The van der Waals surface area contributed by atoms with E-state index in [0.717, 1.165) is 16.5 Å². The van der Waals surface area contributed by atoms with Gasteiger partial charge in [-0.15, -0.1) is 11.8 Å². The van der Waals surface area contributed by atoms with Crippen molar-refractivity contribution in [2.24, 2.45) is 0 Å². The summed E-state index contributed by atoms with van der Waals surface area (Å²) in [5.41, 5.74) is 8.12. The molecule has 0 atom stereocenters. The molecule has 0 amide bonds. The summed E-state index contributed by atoms with van der Waals surface area (Å²) in [5.74, 6) is -0.649. The van der Waals surface area contributed by atoms with E-state index in [4.69, 9.17) is 5.73 Å². The Balaban J connectivity index is 2.11. The molecule has 0 saturated heterocycles. The van der Waals surface area contributed by atoms with E-state index in [-0.39, 0.29) is 0 Å². The average molecular weight is 265 g/mol. The Morgan fingerprint density at radius 3 is 2.56 bits per heavy atom. The van der Waals surface area contributed by atoms with Crippen molar-refractivity contribution in [3.63, 3.8) is 0 Å². The highest BCUT2D eigenvalue weighted by molar-refractivity contribution is 7.98. The Labute approximate surface area is 109 Å². The van der Waals surface area contributed by atoms with Crippen molar-refractivity contribution >= 4 is 17.4 Å². The molecule has 4 heteroatoms. The quantitative estimate of drug-likeness (QED) is 0.666. The second-order valence-corrected chi connectivity index (χ2v) is 5.08. The van der Waals surface area contributed by atoms with Gasteiger partial charge in [0, 0.05) is 22.4 Å². The Morgan fingerprint density at radius 1 is 1.11 bits per heavy atom. The first kappa shape index (κ1) is 12.9. The van der Waals surface area contributed by atoms with Gasteiger partial charge in [-0.3, -0.25) is 0 Å². The largest absolute Gasteiger partial charge is 0.398 e. The fourth-order valence-electron chi connectivity index (χ4n) is 1.59. The lowest BCUT2D eigenvalue weighted by molar-refractivity contribution is 0.576. The SMILES string of the molecule is Cc1ccc(SCc2ccc(F)cc2F)c(N)c1. The third-order valence-corrected chi connectivity index (χ3v) is 3.70. The summed E-state index contributed by atoms with van der Waals surface area (Å²) in [5, 5.41) is 0.